The third-order valence-electron chi connectivity index (χ3n) is 3.08. The summed E-state index contributed by atoms with van der Waals surface area (Å²) in [5.74, 6) is 1.07. The predicted molar refractivity (Wildman–Crippen MR) is 74.9 cm³/mol. The molecule has 1 atom stereocenters. The fourth-order valence-corrected chi connectivity index (χ4v) is 3.45. The van der Waals surface area contributed by atoms with Gasteiger partial charge in [0.05, 0.1) is 0 Å². The molecule has 0 aromatic heterocycles. The Bertz CT molecular complexity index is 336. The Balaban J connectivity index is 2.02. The molecule has 0 fully saturated rings. The van der Waals surface area contributed by atoms with Crippen LogP contribution in [0.3, 0.4) is 0 Å². The minimum atomic E-state index is 0.271. The topological polar surface area (TPSA) is 9.23 Å². The Morgan fingerprint density at radius 2 is 2.00 bits per heavy atom. The van der Waals surface area contributed by atoms with Crippen LogP contribution < -0.4 is 4.74 Å². The summed E-state index contributed by atoms with van der Waals surface area (Å²) in [5, 5.41) is 2.00. The van der Waals surface area contributed by atoms with Crippen molar-refractivity contribution in [2.45, 2.75) is 25.9 Å². The lowest BCUT2D eigenvalue weighted by molar-refractivity contribution is 0.172. The third-order valence-corrected chi connectivity index (χ3v) is 5.79. The van der Waals surface area contributed by atoms with Crippen LogP contribution in [0.1, 0.15) is 18.9 Å². The van der Waals surface area contributed by atoms with Crippen molar-refractivity contribution in [1.82, 2.24) is 0 Å². The molecular formula is C13H16Br2O. The Labute approximate surface area is 114 Å². The van der Waals surface area contributed by atoms with Crippen LogP contribution in [0.4, 0.5) is 0 Å². The fraction of sp³-hybridized carbons (Fsp3) is 0.538. The first-order valence-corrected chi connectivity index (χ1v) is 7.78. The maximum absolute atomic E-state index is 5.96. The molecule has 0 bridgehead atoms. The summed E-state index contributed by atoms with van der Waals surface area (Å²) in [5.41, 5.74) is 1.62. The lowest BCUT2D eigenvalue weighted by Gasteiger charge is -2.27. The van der Waals surface area contributed by atoms with Gasteiger partial charge in [-0.25, -0.2) is 0 Å². The lowest BCUT2D eigenvalue weighted by atomic mass is 9.88. The summed E-state index contributed by atoms with van der Waals surface area (Å²) < 4.78 is 5.96. The second-order valence-corrected chi connectivity index (χ2v) is 5.96. The third kappa shape index (κ3) is 2.62. The number of alkyl halides is 2. The van der Waals surface area contributed by atoms with E-state index in [-0.39, 0.29) is 5.41 Å². The van der Waals surface area contributed by atoms with Crippen molar-refractivity contribution in [1.29, 1.82) is 0 Å². The number of fused-ring (bicyclic) bond motifs is 1. The highest BCUT2D eigenvalue weighted by Crippen LogP contribution is 2.36. The lowest BCUT2D eigenvalue weighted by Crippen LogP contribution is -2.29. The smallest absolute Gasteiger partial charge is 0.123 e. The highest BCUT2D eigenvalue weighted by molar-refractivity contribution is 9.09. The molecule has 3 heteroatoms. The zero-order chi connectivity index (χ0) is 11.6. The van der Waals surface area contributed by atoms with Crippen molar-refractivity contribution in [2.24, 2.45) is 5.41 Å². The van der Waals surface area contributed by atoms with Crippen molar-refractivity contribution in [3.05, 3.63) is 29.8 Å². The standard InChI is InChI=1S/C13H16Br2O/c1-13(8-14,9-15)7-11-6-10-4-2-3-5-12(10)16-11/h2-5,11H,6-9H2,1H3. The molecule has 88 valence electrons. The van der Waals surface area contributed by atoms with Crippen LogP contribution in [-0.4, -0.2) is 16.8 Å². The van der Waals surface area contributed by atoms with E-state index < -0.39 is 0 Å². The molecule has 1 heterocycles. The number of para-hydroxylation sites is 1. The maximum Gasteiger partial charge on any atom is 0.123 e. The van der Waals surface area contributed by atoms with E-state index >= 15 is 0 Å². The van der Waals surface area contributed by atoms with Gasteiger partial charge in [-0.05, 0) is 23.5 Å². The zero-order valence-corrected chi connectivity index (χ0v) is 12.6. The van der Waals surface area contributed by atoms with Crippen molar-refractivity contribution in [2.75, 3.05) is 10.7 Å². The summed E-state index contributed by atoms with van der Waals surface area (Å²) in [6.45, 7) is 2.28. The van der Waals surface area contributed by atoms with Gasteiger partial charge in [0.15, 0.2) is 0 Å². The molecule has 0 saturated carbocycles. The summed E-state index contributed by atoms with van der Waals surface area (Å²) in [6, 6.07) is 8.35. The molecule has 1 aliphatic heterocycles. The van der Waals surface area contributed by atoms with Gasteiger partial charge in [-0.15, -0.1) is 0 Å². The summed E-state index contributed by atoms with van der Waals surface area (Å²) in [7, 11) is 0. The molecule has 1 aromatic carbocycles. The van der Waals surface area contributed by atoms with E-state index in [4.69, 9.17) is 4.74 Å². The van der Waals surface area contributed by atoms with Crippen LogP contribution in [0.5, 0.6) is 5.75 Å². The first kappa shape index (κ1) is 12.4. The highest BCUT2D eigenvalue weighted by Gasteiger charge is 2.31. The SMILES string of the molecule is CC(CBr)(CBr)CC1Cc2ccccc2O1. The molecular weight excluding hydrogens is 332 g/mol. The van der Waals surface area contributed by atoms with Crippen LogP contribution in [0.2, 0.25) is 0 Å². The molecule has 1 aliphatic rings. The van der Waals surface area contributed by atoms with E-state index in [9.17, 15) is 0 Å². The second kappa shape index (κ2) is 5.09. The van der Waals surface area contributed by atoms with E-state index in [2.05, 4.69) is 57.0 Å². The molecule has 0 amide bonds. The normalized spacial score (nSPS) is 19.3. The molecule has 0 radical (unpaired) electrons. The summed E-state index contributed by atoms with van der Waals surface area (Å²) in [6.07, 6.45) is 2.46. The van der Waals surface area contributed by atoms with Gasteiger partial charge in [0.25, 0.3) is 0 Å². The van der Waals surface area contributed by atoms with Gasteiger partial charge in [0, 0.05) is 17.1 Å². The van der Waals surface area contributed by atoms with Gasteiger partial charge in [-0.2, -0.15) is 0 Å². The Morgan fingerprint density at radius 3 is 2.62 bits per heavy atom. The molecule has 0 spiro atoms. The van der Waals surface area contributed by atoms with E-state index in [1.165, 1.54) is 5.56 Å². The number of ether oxygens (including phenoxy) is 1. The first-order chi connectivity index (χ1) is 7.67. The van der Waals surface area contributed by atoms with Crippen LogP contribution in [0.15, 0.2) is 24.3 Å². The molecule has 2 rings (SSSR count). The Hall–Kier alpha value is -0.0200. The fourth-order valence-electron chi connectivity index (χ4n) is 2.06. The van der Waals surface area contributed by atoms with Crippen molar-refractivity contribution < 1.29 is 4.74 Å². The summed E-state index contributed by atoms with van der Waals surface area (Å²) in [4.78, 5) is 0. The average molecular weight is 348 g/mol. The molecule has 16 heavy (non-hydrogen) atoms. The van der Waals surface area contributed by atoms with Gasteiger partial charge in [0.2, 0.25) is 0 Å². The number of benzene rings is 1. The Kier molecular flexibility index (Phi) is 3.96. The zero-order valence-electron chi connectivity index (χ0n) is 9.38. The summed E-state index contributed by atoms with van der Waals surface area (Å²) >= 11 is 7.18. The highest BCUT2D eigenvalue weighted by atomic mass is 79.9. The van der Waals surface area contributed by atoms with Crippen molar-refractivity contribution in [3.8, 4) is 5.75 Å². The largest absolute Gasteiger partial charge is 0.490 e. The first-order valence-electron chi connectivity index (χ1n) is 5.53. The van der Waals surface area contributed by atoms with E-state index in [0.717, 1.165) is 29.3 Å². The minimum Gasteiger partial charge on any atom is -0.490 e. The quantitative estimate of drug-likeness (QED) is 0.742. The molecule has 1 aromatic rings. The van der Waals surface area contributed by atoms with Gasteiger partial charge in [-0.1, -0.05) is 57.0 Å². The van der Waals surface area contributed by atoms with E-state index in [1.54, 1.807) is 0 Å². The van der Waals surface area contributed by atoms with Crippen LogP contribution in [0, 0.1) is 5.41 Å². The van der Waals surface area contributed by atoms with Crippen LogP contribution in [-0.2, 0) is 6.42 Å². The van der Waals surface area contributed by atoms with Crippen molar-refractivity contribution in [3.63, 3.8) is 0 Å². The minimum absolute atomic E-state index is 0.271. The predicted octanol–water partition coefficient (Wildman–Crippen LogP) is 4.18. The number of halogens is 2. The number of hydrogen-bond acceptors (Lipinski definition) is 1. The maximum atomic E-state index is 5.96. The monoisotopic (exact) mass is 346 g/mol. The average Bonchev–Trinajstić information content (AvgIpc) is 2.70. The van der Waals surface area contributed by atoms with Crippen LogP contribution >= 0.6 is 31.9 Å². The van der Waals surface area contributed by atoms with Crippen molar-refractivity contribution >= 4 is 31.9 Å². The van der Waals surface area contributed by atoms with Crippen LogP contribution in [0.25, 0.3) is 0 Å². The molecule has 1 nitrogen and oxygen atoms in total. The Morgan fingerprint density at radius 1 is 1.31 bits per heavy atom. The van der Waals surface area contributed by atoms with E-state index in [0.29, 0.717) is 6.10 Å². The van der Waals surface area contributed by atoms with E-state index in [1.807, 2.05) is 6.07 Å². The van der Waals surface area contributed by atoms with Gasteiger partial charge >= 0.3 is 0 Å². The molecule has 0 saturated heterocycles. The molecule has 0 N–H and O–H groups in total. The second-order valence-electron chi connectivity index (χ2n) is 4.83. The molecule has 1 unspecified atom stereocenters. The number of hydrogen-bond donors (Lipinski definition) is 0. The van der Waals surface area contributed by atoms with Gasteiger partial charge in [0.1, 0.15) is 11.9 Å². The molecule has 0 aliphatic carbocycles. The van der Waals surface area contributed by atoms with Gasteiger partial charge < -0.3 is 4.74 Å². The number of rotatable bonds is 4. The van der Waals surface area contributed by atoms with Gasteiger partial charge in [-0.3, -0.25) is 0 Å².